The molecule has 0 amide bonds. The Bertz CT molecular complexity index is 1450. The molecule has 0 aromatic carbocycles. The number of aromatic amines is 3. The molecule has 0 atom stereocenters. The van der Waals surface area contributed by atoms with Crippen LogP contribution in [0.4, 0.5) is 11.5 Å². The summed E-state index contributed by atoms with van der Waals surface area (Å²) in [5.74, 6) is -1.26. The van der Waals surface area contributed by atoms with Gasteiger partial charge in [-0.2, -0.15) is 24.7 Å². The Labute approximate surface area is 162 Å². The minimum absolute atomic E-state index is 0.0263. The number of hydrogen-bond acceptors (Lipinski definition) is 11. The first-order chi connectivity index (χ1) is 14.5. The van der Waals surface area contributed by atoms with Crippen LogP contribution in [-0.4, -0.2) is 49.6 Å². The lowest BCUT2D eigenvalue weighted by atomic mass is 10.4. The Hall–Kier alpha value is -5.20. The van der Waals surface area contributed by atoms with Crippen molar-refractivity contribution in [2.45, 2.75) is 0 Å². The van der Waals surface area contributed by atoms with Crippen molar-refractivity contribution in [3.63, 3.8) is 0 Å². The zero-order valence-corrected chi connectivity index (χ0v) is 14.5. The van der Waals surface area contributed by atoms with Gasteiger partial charge in [0.2, 0.25) is 17.5 Å². The van der Waals surface area contributed by atoms with Crippen LogP contribution >= 0.6 is 0 Å². The number of aromatic nitrogens is 9. The van der Waals surface area contributed by atoms with Gasteiger partial charge in [0, 0.05) is 12.4 Å². The predicted molar refractivity (Wildman–Crippen MR) is 95.1 cm³/mol. The standard InChI is InChI=1S/C14H8N12O4/c15-4-6-5-18-25(12-19-13(29)21-14(30)20-12)8(6)23-22-7-9(27)24-26(10(7)28)11-16-2-1-3-17-11/h1-3,5,28H,(H,24,27)(H2,19,20,21,29,30). The number of azo groups is 1. The highest BCUT2D eigenvalue weighted by Gasteiger charge is 2.19. The number of H-pyrrole nitrogens is 3. The molecule has 4 rings (SSSR count). The molecule has 0 fully saturated rings. The molecule has 148 valence electrons. The summed E-state index contributed by atoms with van der Waals surface area (Å²) in [5.41, 5.74) is -3.26. The van der Waals surface area contributed by atoms with Crippen LogP contribution in [0.1, 0.15) is 5.56 Å². The molecule has 16 nitrogen and oxygen atoms in total. The number of aromatic hydroxyl groups is 1. The van der Waals surface area contributed by atoms with Gasteiger partial charge in [-0.1, -0.05) is 0 Å². The second-order valence-corrected chi connectivity index (χ2v) is 5.42. The lowest BCUT2D eigenvalue weighted by Crippen LogP contribution is -2.27. The molecular formula is C14H8N12O4. The van der Waals surface area contributed by atoms with Crippen molar-refractivity contribution in [2.24, 2.45) is 10.2 Å². The van der Waals surface area contributed by atoms with E-state index in [4.69, 9.17) is 0 Å². The quantitative estimate of drug-likeness (QED) is 0.300. The Balaban J connectivity index is 1.81. The van der Waals surface area contributed by atoms with E-state index in [1.165, 1.54) is 12.4 Å². The third-order valence-corrected chi connectivity index (χ3v) is 3.57. The molecule has 4 aromatic heterocycles. The van der Waals surface area contributed by atoms with Crippen LogP contribution in [0.5, 0.6) is 5.88 Å². The van der Waals surface area contributed by atoms with Gasteiger partial charge >= 0.3 is 11.4 Å². The van der Waals surface area contributed by atoms with E-state index in [9.17, 15) is 24.8 Å². The minimum atomic E-state index is -0.959. The van der Waals surface area contributed by atoms with E-state index in [0.29, 0.717) is 0 Å². The third kappa shape index (κ3) is 3.13. The van der Waals surface area contributed by atoms with E-state index < -0.39 is 28.5 Å². The largest absolute Gasteiger partial charge is 0.491 e. The predicted octanol–water partition coefficient (Wildman–Crippen LogP) is -1.09. The summed E-state index contributed by atoms with van der Waals surface area (Å²) in [4.78, 5) is 50.5. The van der Waals surface area contributed by atoms with Gasteiger partial charge in [-0.05, 0) is 6.07 Å². The van der Waals surface area contributed by atoms with Crippen LogP contribution < -0.4 is 16.9 Å². The van der Waals surface area contributed by atoms with Gasteiger partial charge in [-0.25, -0.2) is 19.6 Å². The van der Waals surface area contributed by atoms with Crippen LogP contribution in [-0.2, 0) is 0 Å². The molecule has 4 aromatic rings. The number of hydrogen-bond donors (Lipinski definition) is 4. The van der Waals surface area contributed by atoms with Crippen molar-refractivity contribution in [2.75, 3.05) is 0 Å². The summed E-state index contributed by atoms with van der Waals surface area (Å²) < 4.78 is 1.75. The van der Waals surface area contributed by atoms with Crippen molar-refractivity contribution < 1.29 is 5.11 Å². The van der Waals surface area contributed by atoms with Gasteiger partial charge in [0.05, 0.1) is 6.20 Å². The highest BCUT2D eigenvalue weighted by atomic mass is 16.3. The Morgan fingerprint density at radius 1 is 1.13 bits per heavy atom. The molecule has 0 aliphatic carbocycles. The molecule has 0 spiro atoms. The number of nitrogens with zero attached hydrogens (tertiary/aromatic N) is 9. The van der Waals surface area contributed by atoms with E-state index in [-0.39, 0.29) is 23.3 Å². The van der Waals surface area contributed by atoms with Crippen molar-refractivity contribution in [3.05, 3.63) is 61.5 Å². The molecule has 0 bridgehead atoms. The molecule has 0 aliphatic rings. The van der Waals surface area contributed by atoms with Gasteiger partial charge in [0.15, 0.2) is 5.82 Å². The fourth-order valence-electron chi connectivity index (χ4n) is 2.31. The molecule has 0 radical (unpaired) electrons. The summed E-state index contributed by atoms with van der Waals surface area (Å²) in [7, 11) is 0. The molecule has 0 saturated heterocycles. The smallest absolute Gasteiger partial charge is 0.352 e. The van der Waals surface area contributed by atoms with E-state index in [0.717, 1.165) is 15.6 Å². The fourth-order valence-corrected chi connectivity index (χ4v) is 2.31. The second kappa shape index (κ2) is 7.08. The molecule has 16 heteroatoms. The average molecular weight is 408 g/mol. The first kappa shape index (κ1) is 18.2. The first-order valence-corrected chi connectivity index (χ1v) is 7.90. The topological polar surface area (TPSA) is 229 Å². The normalized spacial score (nSPS) is 11.0. The molecule has 4 heterocycles. The highest BCUT2D eigenvalue weighted by Crippen LogP contribution is 2.27. The number of rotatable bonds is 4. The lowest BCUT2D eigenvalue weighted by molar-refractivity contribution is 0.431. The lowest BCUT2D eigenvalue weighted by Gasteiger charge is -2.01. The molecular weight excluding hydrogens is 400 g/mol. The molecule has 30 heavy (non-hydrogen) atoms. The Kier molecular flexibility index (Phi) is 4.29. The highest BCUT2D eigenvalue weighted by molar-refractivity contribution is 5.51. The van der Waals surface area contributed by atoms with Gasteiger partial charge in [0.1, 0.15) is 11.6 Å². The van der Waals surface area contributed by atoms with Crippen LogP contribution in [0.25, 0.3) is 11.9 Å². The molecule has 0 unspecified atom stereocenters. The third-order valence-electron chi connectivity index (χ3n) is 3.57. The number of nitriles is 1. The summed E-state index contributed by atoms with van der Waals surface area (Å²) in [6.45, 7) is 0. The van der Waals surface area contributed by atoms with Gasteiger partial charge in [-0.15, -0.1) is 10.2 Å². The first-order valence-electron chi connectivity index (χ1n) is 7.90. The van der Waals surface area contributed by atoms with Crippen molar-refractivity contribution in [1.82, 2.24) is 44.5 Å². The van der Waals surface area contributed by atoms with Crippen LogP contribution in [0.3, 0.4) is 0 Å². The SMILES string of the molecule is N#Cc1cnn(-c2nc(=O)[nH]c(=O)[nH]2)c1N=Nc1c(O)n(-c2ncccn2)[nH]c1=O. The zero-order valence-electron chi connectivity index (χ0n) is 14.5. The fraction of sp³-hybridized carbons (Fsp3) is 0. The summed E-state index contributed by atoms with van der Waals surface area (Å²) in [5, 5.41) is 33.1. The maximum absolute atomic E-state index is 12.2. The van der Waals surface area contributed by atoms with Crippen molar-refractivity contribution in [3.8, 4) is 23.8 Å². The maximum Gasteiger partial charge on any atom is 0.352 e. The maximum atomic E-state index is 12.2. The van der Waals surface area contributed by atoms with Crippen LogP contribution in [0.2, 0.25) is 0 Å². The Morgan fingerprint density at radius 3 is 2.60 bits per heavy atom. The van der Waals surface area contributed by atoms with E-state index in [1.807, 2.05) is 4.98 Å². The average Bonchev–Trinajstić information content (AvgIpc) is 3.26. The van der Waals surface area contributed by atoms with Gasteiger partial charge < -0.3 is 5.11 Å². The van der Waals surface area contributed by atoms with Gasteiger partial charge in [0.25, 0.3) is 11.5 Å². The summed E-state index contributed by atoms with van der Waals surface area (Å²) >= 11 is 0. The van der Waals surface area contributed by atoms with E-state index >= 15 is 0 Å². The number of nitrogens with one attached hydrogen (secondary N) is 3. The zero-order chi connectivity index (χ0) is 21.3. The molecule has 4 N–H and O–H groups in total. The second-order valence-electron chi connectivity index (χ2n) is 5.42. The monoisotopic (exact) mass is 408 g/mol. The molecule has 0 aliphatic heterocycles. The molecule has 0 saturated carbocycles. The minimum Gasteiger partial charge on any atom is -0.491 e. The Morgan fingerprint density at radius 2 is 1.90 bits per heavy atom. The van der Waals surface area contributed by atoms with E-state index in [2.05, 4.69) is 40.4 Å². The van der Waals surface area contributed by atoms with Crippen LogP contribution in [0.15, 0.2) is 49.3 Å². The van der Waals surface area contributed by atoms with Crippen molar-refractivity contribution >= 4 is 11.5 Å². The summed E-state index contributed by atoms with van der Waals surface area (Å²) in [6, 6.07) is 3.34. The summed E-state index contributed by atoms with van der Waals surface area (Å²) in [6.07, 6.45) is 3.88. The van der Waals surface area contributed by atoms with Crippen molar-refractivity contribution in [1.29, 1.82) is 5.26 Å². The van der Waals surface area contributed by atoms with Crippen LogP contribution in [0, 0.1) is 11.3 Å². The van der Waals surface area contributed by atoms with E-state index in [1.54, 1.807) is 12.1 Å². The van der Waals surface area contributed by atoms with Gasteiger partial charge in [-0.3, -0.25) is 19.9 Å².